The number of aromatic nitrogens is 3. The van der Waals surface area contributed by atoms with Crippen LogP contribution in [0.25, 0.3) is 24.3 Å². The van der Waals surface area contributed by atoms with Crippen LogP contribution in [0.3, 0.4) is 0 Å². The lowest BCUT2D eigenvalue weighted by molar-refractivity contribution is 0.368. The number of nitrogens with one attached hydrogen (secondary N) is 4. The van der Waals surface area contributed by atoms with Crippen LogP contribution in [-0.4, -0.2) is 15.0 Å². The molecule has 0 aromatic carbocycles. The van der Waals surface area contributed by atoms with E-state index in [1.807, 2.05) is 0 Å². The van der Waals surface area contributed by atoms with Crippen LogP contribution in [0.2, 0.25) is 0 Å². The van der Waals surface area contributed by atoms with Crippen LogP contribution in [0.15, 0.2) is 34.7 Å². The summed E-state index contributed by atoms with van der Waals surface area (Å²) in [6.45, 7) is 20.6. The Labute approximate surface area is 238 Å². The summed E-state index contributed by atoms with van der Waals surface area (Å²) in [5.74, 6) is 0.387. The second-order valence-electron chi connectivity index (χ2n) is 12.2. The number of fused-ring (bicyclic) bond motifs is 11. The Morgan fingerprint density at radius 3 is 1.85 bits per heavy atom. The van der Waals surface area contributed by atoms with Crippen LogP contribution in [0, 0.1) is 32.1 Å². The van der Waals surface area contributed by atoms with Crippen molar-refractivity contribution in [2.24, 2.45) is 11.3 Å². The van der Waals surface area contributed by atoms with E-state index in [4.69, 9.17) is 0 Å². The van der Waals surface area contributed by atoms with Gasteiger partial charge in [0.2, 0.25) is 0 Å². The standard InChI is InChI=1S/C36H44N4/c1-10-24-20(5)28-15-32-25(11-2)21(6)30(38-32)17-34-27-14-13-19(4)23(8)36(27,9)35(40-34)18-33-26(12-3)22(7)29(39-33)16-31(24)37-28/h13-18,23,37-40H,10-12H2,1-9H3. The van der Waals surface area contributed by atoms with Gasteiger partial charge in [0.25, 0.3) is 0 Å². The number of hydrogen-bond donors (Lipinski definition) is 4. The normalized spacial score (nSPS) is 21.5. The van der Waals surface area contributed by atoms with Gasteiger partial charge in [0.1, 0.15) is 0 Å². The molecule has 4 heteroatoms. The zero-order valence-corrected chi connectivity index (χ0v) is 25.7. The molecule has 0 radical (unpaired) electrons. The summed E-state index contributed by atoms with van der Waals surface area (Å²) in [7, 11) is 0. The maximum Gasteiger partial charge on any atom is 0.0445 e. The van der Waals surface area contributed by atoms with Crippen molar-refractivity contribution in [3.8, 4) is 0 Å². The van der Waals surface area contributed by atoms with Crippen molar-refractivity contribution in [3.05, 3.63) is 102 Å². The second-order valence-corrected chi connectivity index (χ2v) is 12.2. The first-order valence-corrected chi connectivity index (χ1v) is 15.1. The van der Waals surface area contributed by atoms with Crippen LogP contribution >= 0.6 is 0 Å². The number of H-pyrrole nitrogens is 3. The number of rotatable bonds is 3. The Morgan fingerprint density at radius 1 is 0.650 bits per heavy atom. The molecule has 1 saturated heterocycles. The topological polar surface area (TPSA) is 59.4 Å². The largest absolute Gasteiger partial charge is 0.358 e. The Balaban J connectivity index is 1.73. The monoisotopic (exact) mass is 532 g/mol. The van der Waals surface area contributed by atoms with E-state index in [0.717, 1.165) is 19.3 Å². The van der Waals surface area contributed by atoms with E-state index in [1.54, 1.807) is 0 Å². The fraction of sp³-hybridized carbons (Fsp3) is 0.389. The maximum atomic E-state index is 3.92. The smallest absolute Gasteiger partial charge is 0.0445 e. The molecule has 3 aromatic rings. The molecule has 4 N–H and O–H groups in total. The van der Waals surface area contributed by atoms with Gasteiger partial charge in [-0.25, -0.2) is 0 Å². The van der Waals surface area contributed by atoms with Crippen LogP contribution in [-0.2, 0) is 19.3 Å². The highest BCUT2D eigenvalue weighted by atomic mass is 15.0. The van der Waals surface area contributed by atoms with Gasteiger partial charge < -0.3 is 20.3 Å². The molecule has 208 valence electrons. The highest BCUT2D eigenvalue weighted by Crippen LogP contribution is 2.54. The van der Waals surface area contributed by atoms with Crippen LogP contribution in [0.4, 0.5) is 0 Å². The quantitative estimate of drug-likeness (QED) is 0.296. The third kappa shape index (κ3) is 3.72. The summed E-state index contributed by atoms with van der Waals surface area (Å²) in [6.07, 6.45) is 17.0. The third-order valence-electron chi connectivity index (χ3n) is 10.3. The average molecular weight is 533 g/mol. The zero-order chi connectivity index (χ0) is 28.5. The maximum absolute atomic E-state index is 3.92. The lowest BCUT2D eigenvalue weighted by Gasteiger charge is -2.36. The van der Waals surface area contributed by atoms with Crippen molar-refractivity contribution in [2.75, 3.05) is 0 Å². The lowest BCUT2D eigenvalue weighted by atomic mass is 9.66. The molecule has 2 atom stereocenters. The van der Waals surface area contributed by atoms with Gasteiger partial charge in [-0.1, -0.05) is 45.4 Å². The molecule has 3 aromatic heterocycles. The van der Waals surface area contributed by atoms with Gasteiger partial charge in [0.05, 0.1) is 0 Å². The minimum absolute atomic E-state index is 0.129. The molecule has 0 saturated carbocycles. The molecule has 0 amide bonds. The minimum Gasteiger partial charge on any atom is -0.358 e. The minimum atomic E-state index is -0.129. The lowest BCUT2D eigenvalue weighted by Crippen LogP contribution is -2.30. The first-order valence-electron chi connectivity index (χ1n) is 15.1. The van der Waals surface area contributed by atoms with E-state index in [2.05, 4.69) is 119 Å². The predicted octanol–water partition coefficient (Wildman–Crippen LogP) is 6.77. The van der Waals surface area contributed by atoms with Gasteiger partial charge >= 0.3 is 0 Å². The van der Waals surface area contributed by atoms with Gasteiger partial charge in [-0.05, 0) is 123 Å². The Morgan fingerprint density at radius 2 is 1.23 bits per heavy atom. The summed E-state index contributed by atoms with van der Waals surface area (Å²) in [5, 5.41) is 6.31. The molecule has 0 spiro atoms. The van der Waals surface area contributed by atoms with E-state index in [9.17, 15) is 0 Å². The van der Waals surface area contributed by atoms with E-state index in [0.29, 0.717) is 5.92 Å². The van der Waals surface area contributed by atoms with Gasteiger partial charge in [-0.15, -0.1) is 0 Å². The third-order valence-corrected chi connectivity index (χ3v) is 10.3. The number of aromatic amines is 3. The van der Waals surface area contributed by atoms with E-state index < -0.39 is 0 Å². The van der Waals surface area contributed by atoms with Gasteiger partial charge in [-0.3, -0.25) is 0 Å². The highest BCUT2D eigenvalue weighted by molar-refractivity contribution is 5.73. The van der Waals surface area contributed by atoms with E-state index in [1.165, 1.54) is 89.4 Å². The zero-order valence-electron chi connectivity index (χ0n) is 25.7. The van der Waals surface area contributed by atoms with Crippen LogP contribution in [0.5, 0.6) is 0 Å². The molecular weight excluding hydrogens is 488 g/mol. The fourth-order valence-corrected chi connectivity index (χ4v) is 7.39. The summed E-state index contributed by atoms with van der Waals surface area (Å²) in [5.41, 5.74) is 18.0. The molecule has 4 nitrogen and oxygen atoms in total. The Bertz CT molecular complexity index is 1790. The molecular formula is C36H44N4. The Kier molecular flexibility index (Phi) is 6.29. The van der Waals surface area contributed by atoms with Crippen LogP contribution in [0.1, 0.15) is 97.7 Å². The van der Waals surface area contributed by atoms with Gasteiger partial charge in [0, 0.05) is 50.3 Å². The fourth-order valence-electron chi connectivity index (χ4n) is 7.39. The van der Waals surface area contributed by atoms with E-state index >= 15 is 0 Å². The summed E-state index contributed by atoms with van der Waals surface area (Å²) < 4.78 is 0. The summed E-state index contributed by atoms with van der Waals surface area (Å²) in [4.78, 5) is 11.4. The molecule has 5 heterocycles. The second kappa shape index (κ2) is 9.47. The molecule has 1 fully saturated rings. The molecule has 40 heavy (non-hydrogen) atoms. The predicted molar refractivity (Wildman–Crippen MR) is 169 cm³/mol. The SMILES string of the molecule is CCc1c2[nH]c(c1C)C=c1[nH]c(c(C)c1CC)=Cc1[nH]c(c(C)c1CC)C=C1NC(=C2)C2(C)C1=CC=C(C)C2C. The van der Waals surface area contributed by atoms with Crippen molar-refractivity contribution in [2.45, 2.75) is 81.6 Å². The first kappa shape index (κ1) is 26.6. The summed E-state index contributed by atoms with van der Waals surface area (Å²) >= 11 is 0. The van der Waals surface area contributed by atoms with Gasteiger partial charge in [-0.2, -0.15) is 0 Å². The Hall–Kier alpha value is -3.66. The summed E-state index contributed by atoms with van der Waals surface area (Å²) in [6, 6.07) is 0. The van der Waals surface area contributed by atoms with E-state index in [-0.39, 0.29) is 5.41 Å². The van der Waals surface area contributed by atoms with Crippen molar-refractivity contribution < 1.29 is 0 Å². The van der Waals surface area contributed by atoms with Crippen LogP contribution < -0.4 is 16.0 Å². The van der Waals surface area contributed by atoms with Crippen molar-refractivity contribution in [1.29, 1.82) is 0 Å². The molecule has 2 unspecified atom stereocenters. The molecule has 6 rings (SSSR count). The molecule has 1 aliphatic carbocycles. The van der Waals surface area contributed by atoms with Crippen molar-refractivity contribution >= 4 is 24.3 Å². The van der Waals surface area contributed by atoms with Crippen molar-refractivity contribution in [1.82, 2.24) is 20.3 Å². The molecule has 8 bridgehead atoms. The number of allylic oxidation sites excluding steroid dienone is 5. The highest BCUT2D eigenvalue weighted by Gasteiger charge is 2.47. The number of hydrogen-bond acceptors (Lipinski definition) is 1. The average Bonchev–Trinajstić information content (AvgIpc) is 3.58. The molecule has 2 aliphatic heterocycles. The first-order chi connectivity index (χ1) is 19.1. The molecule has 3 aliphatic rings. The van der Waals surface area contributed by atoms with Crippen molar-refractivity contribution in [3.63, 3.8) is 0 Å². The van der Waals surface area contributed by atoms with Gasteiger partial charge in [0.15, 0.2) is 0 Å².